The first-order valence-electron chi connectivity index (χ1n) is 13.2. The van der Waals surface area contributed by atoms with Crippen molar-refractivity contribution in [3.05, 3.63) is 35.9 Å². The Labute approximate surface area is 226 Å². The van der Waals surface area contributed by atoms with Crippen LogP contribution in [0.15, 0.2) is 30.3 Å². The van der Waals surface area contributed by atoms with Crippen LogP contribution in [0.2, 0.25) is 0 Å². The van der Waals surface area contributed by atoms with Crippen molar-refractivity contribution in [3.8, 4) is 11.8 Å². The summed E-state index contributed by atoms with van der Waals surface area (Å²) in [6.07, 6.45) is 1.77. The standard InChI is InChI=1S/C28H42N6O4/c1-19(32-25(35)20(2)29-4)12-9-10-15-23(33-26(36)21(3)30-5)28(38)34-17-11-16-24(34)27(37)31-18-22-13-7-6-8-14-22/h6-8,13-14,19-21,23-24,29-30H,11-12,15-18H2,1-5H3,(H,31,37)(H,32,35)(H,33,36). The summed E-state index contributed by atoms with van der Waals surface area (Å²) in [6.45, 7) is 6.15. The highest BCUT2D eigenvalue weighted by molar-refractivity contribution is 5.93. The molecule has 10 nitrogen and oxygen atoms in total. The zero-order valence-electron chi connectivity index (χ0n) is 23.1. The Kier molecular flexibility index (Phi) is 12.8. The van der Waals surface area contributed by atoms with Gasteiger partial charge in [0.15, 0.2) is 0 Å². The van der Waals surface area contributed by atoms with Crippen LogP contribution in [0.3, 0.4) is 0 Å². The van der Waals surface area contributed by atoms with Gasteiger partial charge in [-0.2, -0.15) is 0 Å². The fourth-order valence-corrected chi connectivity index (χ4v) is 3.98. The maximum atomic E-state index is 13.5. The lowest BCUT2D eigenvalue weighted by Gasteiger charge is -2.28. The molecule has 0 aliphatic carbocycles. The van der Waals surface area contributed by atoms with E-state index in [1.807, 2.05) is 37.3 Å². The molecule has 1 heterocycles. The monoisotopic (exact) mass is 526 g/mol. The second-order valence-electron chi connectivity index (χ2n) is 9.65. The molecular formula is C28H42N6O4. The van der Waals surface area contributed by atoms with Crippen molar-refractivity contribution in [1.29, 1.82) is 0 Å². The molecule has 0 spiro atoms. The zero-order chi connectivity index (χ0) is 28.1. The molecule has 4 amide bonds. The van der Waals surface area contributed by atoms with Crippen molar-refractivity contribution in [1.82, 2.24) is 31.5 Å². The Morgan fingerprint density at radius 1 is 0.921 bits per heavy atom. The maximum absolute atomic E-state index is 13.5. The summed E-state index contributed by atoms with van der Waals surface area (Å²) in [5.41, 5.74) is 0.976. The van der Waals surface area contributed by atoms with Crippen molar-refractivity contribution in [2.75, 3.05) is 20.6 Å². The van der Waals surface area contributed by atoms with Crippen LogP contribution in [0.5, 0.6) is 0 Å². The zero-order valence-corrected chi connectivity index (χ0v) is 23.1. The summed E-state index contributed by atoms with van der Waals surface area (Å²) < 4.78 is 0. The highest BCUT2D eigenvalue weighted by Crippen LogP contribution is 2.19. The fourth-order valence-electron chi connectivity index (χ4n) is 3.98. The molecule has 1 aliphatic heterocycles. The first-order chi connectivity index (χ1) is 18.2. The molecule has 5 N–H and O–H groups in total. The third-order valence-electron chi connectivity index (χ3n) is 6.64. The largest absolute Gasteiger partial charge is 0.351 e. The number of carbonyl (C=O) groups excluding carboxylic acids is 4. The number of nitrogens with one attached hydrogen (secondary N) is 5. The van der Waals surface area contributed by atoms with Gasteiger partial charge in [0.2, 0.25) is 23.6 Å². The quantitative estimate of drug-likeness (QED) is 0.249. The van der Waals surface area contributed by atoms with Crippen LogP contribution in [0.1, 0.15) is 52.0 Å². The van der Waals surface area contributed by atoms with Gasteiger partial charge in [-0.05, 0) is 53.3 Å². The van der Waals surface area contributed by atoms with E-state index in [-0.39, 0.29) is 42.1 Å². The highest BCUT2D eigenvalue weighted by Gasteiger charge is 2.37. The Hall–Kier alpha value is -3.42. The predicted octanol–water partition coefficient (Wildman–Crippen LogP) is 0.283. The van der Waals surface area contributed by atoms with E-state index in [1.54, 1.807) is 32.8 Å². The number of nitrogens with zero attached hydrogens (tertiary/aromatic N) is 1. The second-order valence-corrected chi connectivity index (χ2v) is 9.65. The van der Waals surface area contributed by atoms with Gasteiger partial charge >= 0.3 is 0 Å². The Morgan fingerprint density at radius 3 is 2.16 bits per heavy atom. The maximum Gasteiger partial charge on any atom is 0.246 e. The Morgan fingerprint density at radius 2 is 1.53 bits per heavy atom. The molecule has 38 heavy (non-hydrogen) atoms. The molecule has 0 bridgehead atoms. The van der Waals surface area contributed by atoms with Crippen molar-refractivity contribution in [2.45, 2.75) is 83.2 Å². The van der Waals surface area contributed by atoms with Gasteiger partial charge in [-0.25, -0.2) is 0 Å². The molecule has 0 aromatic heterocycles. The molecule has 208 valence electrons. The molecule has 5 atom stereocenters. The predicted molar refractivity (Wildman–Crippen MR) is 147 cm³/mol. The van der Waals surface area contributed by atoms with Crippen LogP contribution in [0.4, 0.5) is 0 Å². The lowest BCUT2D eigenvalue weighted by molar-refractivity contribution is -0.141. The SMILES string of the molecule is CNC(C)C(=O)NC(C)CC#CCC(NC(=O)C(C)NC)C(=O)N1CCCC1C(=O)NCc1ccccc1. The van der Waals surface area contributed by atoms with Crippen LogP contribution >= 0.6 is 0 Å². The number of benzene rings is 1. The van der Waals surface area contributed by atoms with Crippen LogP contribution in [-0.2, 0) is 25.7 Å². The topological polar surface area (TPSA) is 132 Å². The number of likely N-dealkylation sites (N-methyl/N-ethyl adjacent to an activating group) is 2. The molecule has 1 aromatic rings. The first kappa shape index (κ1) is 30.8. The average Bonchev–Trinajstić information content (AvgIpc) is 3.42. The van der Waals surface area contributed by atoms with E-state index in [9.17, 15) is 19.2 Å². The van der Waals surface area contributed by atoms with Crippen LogP contribution in [-0.4, -0.2) is 79.4 Å². The molecule has 5 unspecified atom stereocenters. The molecule has 0 radical (unpaired) electrons. The van der Waals surface area contributed by atoms with E-state index in [0.717, 1.165) is 5.56 Å². The van der Waals surface area contributed by atoms with E-state index < -0.39 is 18.1 Å². The van der Waals surface area contributed by atoms with Gasteiger partial charge in [-0.3, -0.25) is 19.2 Å². The number of carbonyl (C=O) groups is 4. The van der Waals surface area contributed by atoms with Gasteiger partial charge in [0.05, 0.1) is 12.1 Å². The molecule has 1 fully saturated rings. The Bertz CT molecular complexity index is 1010. The molecule has 1 aromatic carbocycles. The van der Waals surface area contributed by atoms with E-state index >= 15 is 0 Å². The number of hydrogen-bond donors (Lipinski definition) is 5. The number of rotatable bonds is 12. The van der Waals surface area contributed by atoms with E-state index in [2.05, 4.69) is 38.4 Å². The minimum absolute atomic E-state index is 0.101. The minimum atomic E-state index is -0.887. The van der Waals surface area contributed by atoms with Gasteiger partial charge in [0.25, 0.3) is 0 Å². The van der Waals surface area contributed by atoms with Gasteiger partial charge in [-0.15, -0.1) is 11.8 Å². The number of amides is 4. The van der Waals surface area contributed by atoms with Gasteiger partial charge in [0.1, 0.15) is 12.1 Å². The van der Waals surface area contributed by atoms with E-state index in [4.69, 9.17) is 0 Å². The molecular weight excluding hydrogens is 484 g/mol. The van der Waals surface area contributed by atoms with Crippen LogP contribution in [0, 0.1) is 11.8 Å². The summed E-state index contributed by atoms with van der Waals surface area (Å²) in [5.74, 6) is 5.03. The first-order valence-corrected chi connectivity index (χ1v) is 13.2. The summed E-state index contributed by atoms with van der Waals surface area (Å²) in [5, 5.41) is 14.4. The van der Waals surface area contributed by atoms with Gasteiger partial charge in [0, 0.05) is 32.0 Å². The summed E-state index contributed by atoms with van der Waals surface area (Å²) in [6, 6.07) is 7.13. The van der Waals surface area contributed by atoms with Gasteiger partial charge in [-0.1, -0.05) is 30.3 Å². The van der Waals surface area contributed by atoms with Crippen molar-refractivity contribution < 1.29 is 19.2 Å². The summed E-state index contributed by atoms with van der Waals surface area (Å²) in [7, 11) is 3.38. The molecule has 1 aliphatic rings. The van der Waals surface area contributed by atoms with E-state index in [1.165, 1.54) is 0 Å². The lowest BCUT2D eigenvalue weighted by Crippen LogP contribution is -2.55. The molecule has 1 saturated heterocycles. The minimum Gasteiger partial charge on any atom is -0.351 e. The average molecular weight is 527 g/mol. The van der Waals surface area contributed by atoms with Crippen molar-refractivity contribution >= 4 is 23.6 Å². The summed E-state index contributed by atoms with van der Waals surface area (Å²) in [4.78, 5) is 52.7. The van der Waals surface area contributed by atoms with Crippen LogP contribution in [0.25, 0.3) is 0 Å². The Balaban J connectivity index is 2.05. The van der Waals surface area contributed by atoms with Crippen molar-refractivity contribution in [2.24, 2.45) is 0 Å². The lowest BCUT2D eigenvalue weighted by atomic mass is 10.1. The molecule has 0 saturated carbocycles. The fraction of sp³-hybridized carbons (Fsp3) is 0.571. The van der Waals surface area contributed by atoms with E-state index in [0.29, 0.717) is 32.4 Å². The number of likely N-dealkylation sites (tertiary alicyclic amines) is 1. The van der Waals surface area contributed by atoms with Crippen LogP contribution < -0.4 is 26.6 Å². The smallest absolute Gasteiger partial charge is 0.246 e. The summed E-state index contributed by atoms with van der Waals surface area (Å²) >= 11 is 0. The number of hydrogen-bond acceptors (Lipinski definition) is 6. The van der Waals surface area contributed by atoms with Crippen molar-refractivity contribution in [3.63, 3.8) is 0 Å². The molecule has 2 rings (SSSR count). The second kappa shape index (κ2) is 15.7. The van der Waals surface area contributed by atoms with Gasteiger partial charge < -0.3 is 31.5 Å². The third-order valence-corrected chi connectivity index (χ3v) is 6.64. The highest BCUT2D eigenvalue weighted by atomic mass is 16.2. The molecule has 10 heteroatoms. The third kappa shape index (κ3) is 9.47. The normalized spacial score (nSPS) is 17.8.